The van der Waals surface area contributed by atoms with Gasteiger partial charge < -0.3 is 10.4 Å². The van der Waals surface area contributed by atoms with Crippen LogP contribution in [0.15, 0.2) is 10.5 Å². The predicted molar refractivity (Wildman–Crippen MR) is 76.4 cm³/mol. The summed E-state index contributed by atoms with van der Waals surface area (Å²) in [6.07, 6.45) is 4.34. The van der Waals surface area contributed by atoms with Crippen LogP contribution in [-0.2, 0) is 6.54 Å². The normalized spacial score (nSPS) is 25.1. The molecule has 1 saturated carbocycles. The summed E-state index contributed by atoms with van der Waals surface area (Å²) in [5.74, 6) is 0.656. The number of aliphatic hydroxyl groups is 1. The quantitative estimate of drug-likeness (QED) is 0.891. The van der Waals surface area contributed by atoms with Crippen molar-refractivity contribution in [3.05, 3.63) is 20.3 Å². The van der Waals surface area contributed by atoms with Gasteiger partial charge in [0.25, 0.3) is 0 Å². The third-order valence-electron chi connectivity index (χ3n) is 3.40. The summed E-state index contributed by atoms with van der Waals surface area (Å²) in [5.41, 5.74) is 0. The Labute approximate surface area is 116 Å². The van der Waals surface area contributed by atoms with Crippen LogP contribution in [0.25, 0.3) is 0 Å². The lowest BCUT2D eigenvalue weighted by atomic mass is 9.87. The molecule has 2 atom stereocenters. The molecule has 1 heterocycles. The molecule has 2 unspecified atom stereocenters. The molecule has 1 fully saturated rings. The second-order valence-electron chi connectivity index (χ2n) is 4.93. The van der Waals surface area contributed by atoms with E-state index in [1.54, 1.807) is 0 Å². The Bertz CT molecular complexity index is 347. The van der Waals surface area contributed by atoms with Crippen LogP contribution >= 0.6 is 27.3 Å². The molecule has 0 amide bonds. The van der Waals surface area contributed by atoms with Gasteiger partial charge in [0.1, 0.15) is 0 Å². The lowest BCUT2D eigenvalue weighted by Crippen LogP contribution is -2.28. The molecule has 17 heavy (non-hydrogen) atoms. The summed E-state index contributed by atoms with van der Waals surface area (Å²) >= 11 is 5.38. The van der Waals surface area contributed by atoms with Crippen molar-refractivity contribution < 1.29 is 5.11 Å². The highest BCUT2D eigenvalue weighted by molar-refractivity contribution is 9.10. The van der Waals surface area contributed by atoms with E-state index in [9.17, 15) is 5.11 Å². The summed E-state index contributed by atoms with van der Waals surface area (Å²) in [5, 5.41) is 13.1. The van der Waals surface area contributed by atoms with Gasteiger partial charge in [0.15, 0.2) is 0 Å². The Morgan fingerprint density at radius 1 is 1.53 bits per heavy atom. The number of aliphatic hydroxyl groups excluding tert-OH is 1. The van der Waals surface area contributed by atoms with Crippen LogP contribution in [0.1, 0.15) is 35.4 Å². The highest BCUT2D eigenvalue weighted by atomic mass is 79.9. The zero-order valence-corrected chi connectivity index (χ0v) is 12.6. The van der Waals surface area contributed by atoms with Gasteiger partial charge in [-0.2, -0.15) is 0 Å². The second kappa shape index (κ2) is 6.32. The Hall–Kier alpha value is 0.100. The smallest absolute Gasteiger partial charge is 0.0543 e. The molecule has 1 aromatic rings. The zero-order chi connectivity index (χ0) is 12.3. The van der Waals surface area contributed by atoms with Crippen LogP contribution in [-0.4, -0.2) is 17.8 Å². The van der Waals surface area contributed by atoms with Crippen LogP contribution < -0.4 is 5.32 Å². The first-order valence-electron chi connectivity index (χ1n) is 6.28. The fourth-order valence-corrected chi connectivity index (χ4v) is 4.02. The number of aryl methyl sites for hydroxylation is 1. The minimum Gasteiger partial charge on any atom is -0.393 e. The monoisotopic (exact) mass is 317 g/mol. The first-order valence-corrected chi connectivity index (χ1v) is 7.89. The fourth-order valence-electron chi connectivity index (χ4n) is 2.45. The average molecular weight is 318 g/mol. The van der Waals surface area contributed by atoms with E-state index in [1.807, 2.05) is 11.3 Å². The van der Waals surface area contributed by atoms with E-state index in [0.717, 1.165) is 25.9 Å². The summed E-state index contributed by atoms with van der Waals surface area (Å²) in [6.45, 7) is 4.12. The number of hydrogen-bond acceptors (Lipinski definition) is 3. The van der Waals surface area contributed by atoms with Crippen LogP contribution in [0.4, 0.5) is 0 Å². The Balaban J connectivity index is 1.72. The highest BCUT2D eigenvalue weighted by Crippen LogP contribution is 2.27. The molecule has 0 bridgehead atoms. The van der Waals surface area contributed by atoms with Gasteiger partial charge in [-0.1, -0.05) is 6.42 Å². The molecule has 1 aromatic heterocycles. The second-order valence-corrected chi connectivity index (χ2v) is 7.13. The van der Waals surface area contributed by atoms with E-state index in [0.29, 0.717) is 5.92 Å². The first kappa shape index (κ1) is 13.5. The maximum absolute atomic E-state index is 9.60. The molecular weight excluding hydrogens is 298 g/mol. The molecule has 1 aliphatic rings. The van der Waals surface area contributed by atoms with E-state index in [4.69, 9.17) is 0 Å². The molecule has 2 rings (SSSR count). The summed E-state index contributed by atoms with van der Waals surface area (Å²) in [6, 6.07) is 2.20. The third kappa shape index (κ3) is 4.05. The maximum atomic E-state index is 9.60. The summed E-state index contributed by atoms with van der Waals surface area (Å²) in [7, 11) is 0. The lowest BCUT2D eigenvalue weighted by Gasteiger charge is -2.25. The van der Waals surface area contributed by atoms with Crippen molar-refractivity contribution in [1.82, 2.24) is 5.32 Å². The van der Waals surface area contributed by atoms with E-state index in [-0.39, 0.29) is 6.10 Å². The molecule has 1 aliphatic carbocycles. The maximum Gasteiger partial charge on any atom is 0.0543 e. The molecule has 0 spiro atoms. The van der Waals surface area contributed by atoms with Gasteiger partial charge >= 0.3 is 0 Å². The van der Waals surface area contributed by atoms with Crippen LogP contribution in [0.2, 0.25) is 0 Å². The highest BCUT2D eigenvalue weighted by Gasteiger charge is 2.19. The Kier molecular flexibility index (Phi) is 5.03. The van der Waals surface area contributed by atoms with Crippen molar-refractivity contribution in [2.75, 3.05) is 6.54 Å². The van der Waals surface area contributed by atoms with Crippen molar-refractivity contribution in [2.24, 2.45) is 5.92 Å². The van der Waals surface area contributed by atoms with Crippen molar-refractivity contribution in [3.8, 4) is 0 Å². The van der Waals surface area contributed by atoms with E-state index >= 15 is 0 Å². The van der Waals surface area contributed by atoms with Crippen molar-refractivity contribution in [2.45, 2.75) is 45.3 Å². The number of nitrogens with one attached hydrogen (secondary N) is 1. The number of rotatable bonds is 4. The van der Waals surface area contributed by atoms with Gasteiger partial charge in [-0.05, 0) is 60.6 Å². The molecule has 96 valence electrons. The minimum absolute atomic E-state index is 0.0614. The Morgan fingerprint density at radius 2 is 2.35 bits per heavy atom. The summed E-state index contributed by atoms with van der Waals surface area (Å²) < 4.78 is 1.22. The number of thiophene rings is 1. The Morgan fingerprint density at radius 3 is 3.00 bits per heavy atom. The van der Waals surface area contributed by atoms with Crippen molar-refractivity contribution >= 4 is 27.3 Å². The van der Waals surface area contributed by atoms with Crippen LogP contribution in [0.5, 0.6) is 0 Å². The largest absolute Gasteiger partial charge is 0.393 e. The fraction of sp³-hybridized carbons (Fsp3) is 0.692. The standard InChI is InChI=1S/C13H20BrNOS/c1-9-13(14)6-12(17-9)8-15-7-10-3-2-4-11(16)5-10/h6,10-11,15-16H,2-5,7-8H2,1H3. The van der Waals surface area contributed by atoms with E-state index in [1.165, 1.54) is 27.1 Å². The number of hydrogen-bond donors (Lipinski definition) is 2. The third-order valence-corrected chi connectivity index (χ3v) is 5.53. The molecule has 0 aliphatic heterocycles. The minimum atomic E-state index is -0.0614. The van der Waals surface area contributed by atoms with Gasteiger partial charge in [0, 0.05) is 20.8 Å². The van der Waals surface area contributed by atoms with Crippen LogP contribution in [0.3, 0.4) is 0 Å². The molecule has 2 N–H and O–H groups in total. The molecule has 0 saturated heterocycles. The molecule has 0 aromatic carbocycles. The average Bonchev–Trinajstić information content (AvgIpc) is 2.58. The SMILES string of the molecule is Cc1sc(CNCC2CCCC(O)C2)cc1Br. The van der Waals surface area contributed by atoms with E-state index < -0.39 is 0 Å². The zero-order valence-electron chi connectivity index (χ0n) is 10.2. The van der Waals surface area contributed by atoms with Gasteiger partial charge in [-0.25, -0.2) is 0 Å². The van der Waals surface area contributed by atoms with E-state index in [2.05, 4.69) is 34.2 Å². The first-order chi connectivity index (χ1) is 8.15. The predicted octanol–water partition coefficient (Wildman–Crippen LogP) is 3.46. The topological polar surface area (TPSA) is 32.3 Å². The van der Waals surface area contributed by atoms with Gasteiger partial charge in [-0.3, -0.25) is 0 Å². The molecule has 4 heteroatoms. The molecule has 2 nitrogen and oxygen atoms in total. The van der Waals surface area contributed by atoms with Gasteiger partial charge in [0.05, 0.1) is 6.10 Å². The molecular formula is C13H20BrNOS. The lowest BCUT2D eigenvalue weighted by molar-refractivity contribution is 0.101. The molecule has 0 radical (unpaired) electrons. The summed E-state index contributed by atoms with van der Waals surface area (Å²) in [4.78, 5) is 2.72. The van der Waals surface area contributed by atoms with Crippen molar-refractivity contribution in [3.63, 3.8) is 0 Å². The van der Waals surface area contributed by atoms with Gasteiger partial charge in [-0.15, -0.1) is 11.3 Å². The van der Waals surface area contributed by atoms with Gasteiger partial charge in [0.2, 0.25) is 0 Å². The van der Waals surface area contributed by atoms with Crippen molar-refractivity contribution in [1.29, 1.82) is 0 Å². The number of halogens is 1. The van der Waals surface area contributed by atoms with Crippen LogP contribution in [0, 0.1) is 12.8 Å².